The third-order valence-corrected chi connectivity index (χ3v) is 1.34. The number of para-hydroxylation sites is 2. The van der Waals surface area contributed by atoms with E-state index in [0.717, 1.165) is 0 Å². The molecule has 2 rings (SSSR count). The van der Waals surface area contributed by atoms with E-state index in [0.29, 0.717) is 15.6 Å². The molecule has 0 aliphatic carbocycles. The highest BCUT2D eigenvalue weighted by Crippen LogP contribution is 2.02. The third kappa shape index (κ3) is 0.556. The molecule has 0 spiro atoms. The van der Waals surface area contributed by atoms with Crippen molar-refractivity contribution in [3.63, 3.8) is 0 Å². The SMILES string of the molecule is O=[n+]1o[nH]c2ccccc21. The summed E-state index contributed by atoms with van der Waals surface area (Å²) < 4.78 is 4.89. The van der Waals surface area contributed by atoms with Crippen LogP contribution in [0.1, 0.15) is 0 Å². The standard InChI is InChI=1S/C6H5N2O2/c9-8-6-4-2-1-3-5(6)7-10-8/h1-4,7H/q+1. The highest BCUT2D eigenvalue weighted by Gasteiger charge is 2.05. The first-order valence-electron chi connectivity index (χ1n) is 2.87. The monoisotopic (exact) mass is 137 g/mol. The minimum atomic E-state index is 0.440. The molecular weight excluding hydrogens is 132 g/mol. The molecular formula is C6H5N2O2+. The number of benzene rings is 1. The van der Waals surface area contributed by atoms with E-state index in [-0.39, 0.29) is 0 Å². The van der Waals surface area contributed by atoms with Crippen LogP contribution in [0.3, 0.4) is 0 Å². The zero-order chi connectivity index (χ0) is 6.97. The topological polar surface area (TPSA) is 51.9 Å². The average molecular weight is 137 g/mol. The van der Waals surface area contributed by atoms with E-state index in [1.54, 1.807) is 18.2 Å². The Kier molecular flexibility index (Phi) is 0.887. The van der Waals surface area contributed by atoms with E-state index in [4.69, 9.17) is 0 Å². The number of nitrogens with zero attached hydrogens (tertiary/aromatic N) is 1. The van der Waals surface area contributed by atoms with Crippen molar-refractivity contribution in [2.75, 3.05) is 0 Å². The van der Waals surface area contributed by atoms with E-state index in [1.807, 2.05) is 6.07 Å². The molecule has 0 aliphatic rings. The van der Waals surface area contributed by atoms with Crippen LogP contribution in [0, 0.1) is 4.91 Å². The van der Waals surface area contributed by atoms with E-state index in [2.05, 4.69) is 9.79 Å². The normalized spacial score (nSPS) is 10.4. The lowest BCUT2D eigenvalue weighted by Crippen LogP contribution is -2.07. The fourth-order valence-corrected chi connectivity index (χ4v) is 0.859. The van der Waals surface area contributed by atoms with Crippen LogP contribution in [-0.4, -0.2) is 5.16 Å². The first-order chi connectivity index (χ1) is 4.88. The maximum atomic E-state index is 10.7. The Bertz CT molecular complexity index is 401. The van der Waals surface area contributed by atoms with E-state index < -0.39 is 0 Å². The second kappa shape index (κ2) is 1.70. The zero-order valence-corrected chi connectivity index (χ0v) is 5.07. The molecule has 0 unspecified atom stereocenters. The summed E-state index contributed by atoms with van der Waals surface area (Å²) in [5.74, 6) is 0. The van der Waals surface area contributed by atoms with Gasteiger partial charge in [0.25, 0.3) is 5.52 Å². The highest BCUT2D eigenvalue weighted by atomic mass is 16.7. The first-order valence-corrected chi connectivity index (χ1v) is 2.87. The Morgan fingerprint density at radius 3 is 3.00 bits per heavy atom. The summed E-state index contributed by atoms with van der Waals surface area (Å²) in [5, 5.41) is 2.46. The lowest BCUT2D eigenvalue weighted by Gasteiger charge is -1.71. The van der Waals surface area contributed by atoms with Gasteiger partial charge < -0.3 is 0 Å². The van der Waals surface area contributed by atoms with Crippen molar-refractivity contribution in [3.05, 3.63) is 29.2 Å². The Morgan fingerprint density at radius 2 is 2.20 bits per heavy atom. The van der Waals surface area contributed by atoms with Crippen LogP contribution in [0.25, 0.3) is 11.0 Å². The molecule has 0 saturated carbocycles. The van der Waals surface area contributed by atoms with Gasteiger partial charge in [0.2, 0.25) is 5.52 Å². The molecule has 0 atom stereocenters. The van der Waals surface area contributed by atoms with Gasteiger partial charge in [0.15, 0.2) is 4.60 Å². The van der Waals surface area contributed by atoms with Crippen LogP contribution in [0.4, 0.5) is 0 Å². The summed E-state index contributed by atoms with van der Waals surface area (Å²) in [4.78, 5) is 10.7. The third-order valence-electron chi connectivity index (χ3n) is 1.34. The summed E-state index contributed by atoms with van der Waals surface area (Å²) in [5.41, 5.74) is 1.22. The molecule has 0 fully saturated rings. The fraction of sp³-hybridized carbons (Fsp3) is 0. The molecule has 1 aromatic heterocycles. The molecule has 4 nitrogen and oxygen atoms in total. The fourth-order valence-electron chi connectivity index (χ4n) is 0.859. The average Bonchev–Trinajstić information content (AvgIpc) is 2.34. The number of fused-ring (bicyclic) bond motifs is 1. The Balaban J connectivity index is 3.07. The van der Waals surface area contributed by atoms with Gasteiger partial charge in [-0.15, -0.1) is 0 Å². The molecule has 0 bridgehead atoms. The van der Waals surface area contributed by atoms with Crippen LogP contribution < -0.4 is 4.60 Å². The number of hydrogen-bond acceptors (Lipinski definition) is 2. The van der Waals surface area contributed by atoms with Crippen molar-refractivity contribution in [2.24, 2.45) is 0 Å². The van der Waals surface area contributed by atoms with Crippen LogP contribution in [0.5, 0.6) is 0 Å². The number of nitrogens with one attached hydrogen (secondary N) is 1. The van der Waals surface area contributed by atoms with Crippen LogP contribution >= 0.6 is 0 Å². The van der Waals surface area contributed by atoms with Crippen LogP contribution in [0.15, 0.2) is 28.9 Å². The van der Waals surface area contributed by atoms with Crippen LogP contribution in [0.2, 0.25) is 0 Å². The van der Waals surface area contributed by atoms with Crippen molar-refractivity contribution in [2.45, 2.75) is 0 Å². The Morgan fingerprint density at radius 1 is 1.40 bits per heavy atom. The summed E-state index contributed by atoms with van der Waals surface area (Å²) >= 11 is 0. The predicted molar refractivity (Wildman–Crippen MR) is 33.9 cm³/mol. The van der Waals surface area contributed by atoms with Gasteiger partial charge in [0.05, 0.1) is 0 Å². The maximum Gasteiger partial charge on any atom is 0.272 e. The number of rotatable bonds is 0. The molecule has 4 heteroatoms. The molecule has 1 N–H and O–H groups in total. The van der Waals surface area contributed by atoms with Crippen molar-refractivity contribution in [1.82, 2.24) is 5.16 Å². The van der Waals surface area contributed by atoms with Crippen molar-refractivity contribution in [1.29, 1.82) is 0 Å². The second-order valence-corrected chi connectivity index (χ2v) is 1.97. The van der Waals surface area contributed by atoms with Crippen molar-refractivity contribution < 1.29 is 9.23 Å². The predicted octanol–water partition coefficient (Wildman–Crippen LogP) is 0.675. The molecule has 10 heavy (non-hydrogen) atoms. The van der Waals surface area contributed by atoms with Gasteiger partial charge in [-0.3, -0.25) is 0 Å². The molecule has 1 heterocycles. The van der Waals surface area contributed by atoms with Crippen LogP contribution in [-0.2, 0) is 0 Å². The number of H-pyrrole nitrogens is 1. The maximum absolute atomic E-state index is 10.7. The lowest BCUT2D eigenvalue weighted by atomic mass is 10.3. The Hall–Kier alpha value is -1.58. The minimum absolute atomic E-state index is 0.440. The highest BCUT2D eigenvalue weighted by molar-refractivity contribution is 5.69. The summed E-state index contributed by atoms with van der Waals surface area (Å²) in [6.07, 6.45) is 0. The molecule has 2 aromatic rings. The number of aromatic amines is 1. The van der Waals surface area contributed by atoms with E-state index in [1.165, 1.54) is 0 Å². The smallest absolute Gasteiger partial charge is 0.0875 e. The van der Waals surface area contributed by atoms with Gasteiger partial charge in [0.1, 0.15) is 0 Å². The van der Waals surface area contributed by atoms with E-state index in [9.17, 15) is 4.91 Å². The summed E-state index contributed by atoms with van der Waals surface area (Å²) in [6.45, 7) is 0. The lowest BCUT2D eigenvalue weighted by molar-refractivity contribution is -0.692. The summed E-state index contributed by atoms with van der Waals surface area (Å²) in [7, 11) is 0. The number of aromatic nitrogens is 2. The molecule has 0 saturated heterocycles. The molecule has 0 amide bonds. The molecule has 50 valence electrons. The van der Waals surface area contributed by atoms with Gasteiger partial charge in [-0.2, -0.15) is 0 Å². The van der Waals surface area contributed by atoms with E-state index >= 15 is 0 Å². The van der Waals surface area contributed by atoms with Gasteiger partial charge in [-0.1, -0.05) is 21.9 Å². The quantitative estimate of drug-likeness (QED) is 0.580. The molecule has 1 aromatic carbocycles. The molecule has 0 radical (unpaired) electrons. The summed E-state index contributed by atoms with van der Waals surface area (Å²) in [6, 6.07) is 7.06. The molecule has 0 aliphatic heterocycles. The number of hydrogen-bond donors (Lipinski definition) is 1. The van der Waals surface area contributed by atoms with Crippen molar-refractivity contribution >= 4 is 11.0 Å². The minimum Gasteiger partial charge on any atom is -0.0875 e. The van der Waals surface area contributed by atoms with Crippen molar-refractivity contribution in [3.8, 4) is 0 Å². The zero-order valence-electron chi connectivity index (χ0n) is 5.07. The Labute approximate surface area is 55.6 Å². The van der Waals surface area contributed by atoms with Gasteiger partial charge >= 0.3 is 0 Å². The first kappa shape index (κ1) is 5.22. The van der Waals surface area contributed by atoms with Gasteiger partial charge in [-0.25, -0.2) is 0 Å². The largest absolute Gasteiger partial charge is 0.272 e. The second-order valence-electron chi connectivity index (χ2n) is 1.97. The van der Waals surface area contributed by atoms with Gasteiger partial charge in [0, 0.05) is 0 Å². The van der Waals surface area contributed by atoms with Gasteiger partial charge in [-0.05, 0) is 17.0 Å².